The minimum absolute atomic E-state index is 0.865. The van der Waals surface area contributed by atoms with E-state index >= 15 is 0 Å². The molecule has 0 atom stereocenters. The number of hydrogen-bond donors (Lipinski definition) is 1. The molecule has 0 amide bonds. The molecule has 4 nitrogen and oxygen atoms in total. The van der Waals surface area contributed by atoms with Crippen LogP contribution in [0.25, 0.3) is 17.0 Å². The van der Waals surface area contributed by atoms with Gasteiger partial charge in [0.25, 0.3) is 0 Å². The Kier molecular flexibility index (Phi) is 2.73. The van der Waals surface area contributed by atoms with E-state index in [2.05, 4.69) is 49.6 Å². The second kappa shape index (κ2) is 4.59. The van der Waals surface area contributed by atoms with E-state index in [4.69, 9.17) is 0 Å². The second-order valence-electron chi connectivity index (χ2n) is 4.96. The normalized spacial score (nSPS) is 14.1. The maximum atomic E-state index is 4.38. The first-order valence-corrected chi connectivity index (χ1v) is 7.49. The molecular weight excluding hydrogens is 316 g/mol. The fourth-order valence-electron chi connectivity index (χ4n) is 2.77. The van der Waals surface area contributed by atoms with Gasteiger partial charge in [-0.2, -0.15) is 0 Å². The summed E-state index contributed by atoms with van der Waals surface area (Å²) in [5, 5.41) is 12.1. The van der Waals surface area contributed by atoms with Gasteiger partial charge in [0.1, 0.15) is 0 Å². The molecule has 1 aliphatic heterocycles. The van der Waals surface area contributed by atoms with E-state index in [1.165, 1.54) is 16.8 Å². The number of benzene rings is 1. The molecule has 100 valence electrons. The standard InChI is InChI=1S/C15H13BrN4/c16-10-6-7-14-18-19-15(20(14)9-10)12-3-1-5-13-11(12)4-2-8-17-13/h1,3,5-7,9,17H,2,4,8H2. The molecule has 0 unspecified atom stereocenters. The first kappa shape index (κ1) is 11.9. The molecule has 4 rings (SSSR count). The fraction of sp³-hybridized carbons (Fsp3) is 0.200. The topological polar surface area (TPSA) is 42.2 Å². The Labute approximate surface area is 125 Å². The van der Waals surface area contributed by atoms with Crippen molar-refractivity contribution in [3.63, 3.8) is 0 Å². The van der Waals surface area contributed by atoms with Crippen LogP contribution in [0.3, 0.4) is 0 Å². The Morgan fingerprint density at radius 2 is 2.10 bits per heavy atom. The minimum atomic E-state index is 0.865. The number of fused-ring (bicyclic) bond motifs is 2. The summed E-state index contributed by atoms with van der Waals surface area (Å²) in [6, 6.07) is 10.3. The van der Waals surface area contributed by atoms with Crippen molar-refractivity contribution in [2.45, 2.75) is 12.8 Å². The highest BCUT2D eigenvalue weighted by atomic mass is 79.9. The largest absolute Gasteiger partial charge is 0.385 e. The molecule has 1 aliphatic rings. The number of rotatable bonds is 1. The summed E-state index contributed by atoms with van der Waals surface area (Å²) < 4.78 is 3.06. The zero-order valence-corrected chi connectivity index (χ0v) is 12.4. The van der Waals surface area contributed by atoms with Crippen molar-refractivity contribution in [2.24, 2.45) is 0 Å². The van der Waals surface area contributed by atoms with Crippen LogP contribution in [0.5, 0.6) is 0 Å². The zero-order chi connectivity index (χ0) is 13.5. The van der Waals surface area contributed by atoms with Crippen molar-refractivity contribution >= 4 is 27.3 Å². The second-order valence-corrected chi connectivity index (χ2v) is 5.88. The highest BCUT2D eigenvalue weighted by molar-refractivity contribution is 9.10. The lowest BCUT2D eigenvalue weighted by atomic mass is 9.97. The minimum Gasteiger partial charge on any atom is -0.385 e. The lowest BCUT2D eigenvalue weighted by Crippen LogP contribution is -2.12. The van der Waals surface area contributed by atoms with Crippen LogP contribution in [0.4, 0.5) is 5.69 Å². The van der Waals surface area contributed by atoms with E-state index in [-0.39, 0.29) is 0 Å². The van der Waals surface area contributed by atoms with Gasteiger partial charge in [-0.25, -0.2) is 0 Å². The third-order valence-electron chi connectivity index (χ3n) is 3.70. The summed E-state index contributed by atoms with van der Waals surface area (Å²) >= 11 is 3.51. The first-order valence-electron chi connectivity index (χ1n) is 6.69. The third-order valence-corrected chi connectivity index (χ3v) is 4.17. The smallest absolute Gasteiger partial charge is 0.168 e. The Morgan fingerprint density at radius 1 is 1.15 bits per heavy atom. The van der Waals surface area contributed by atoms with Crippen LogP contribution in [0.2, 0.25) is 0 Å². The van der Waals surface area contributed by atoms with E-state index in [9.17, 15) is 0 Å². The number of anilines is 1. The van der Waals surface area contributed by atoms with Crippen molar-refractivity contribution in [1.82, 2.24) is 14.6 Å². The van der Waals surface area contributed by atoms with Gasteiger partial charge in [0.05, 0.1) is 0 Å². The van der Waals surface area contributed by atoms with Gasteiger partial charge in [-0.1, -0.05) is 12.1 Å². The van der Waals surface area contributed by atoms with Gasteiger partial charge < -0.3 is 5.32 Å². The van der Waals surface area contributed by atoms with Crippen molar-refractivity contribution < 1.29 is 0 Å². The Morgan fingerprint density at radius 3 is 3.05 bits per heavy atom. The molecule has 0 spiro atoms. The van der Waals surface area contributed by atoms with Crippen LogP contribution in [-0.4, -0.2) is 21.1 Å². The highest BCUT2D eigenvalue weighted by Gasteiger charge is 2.17. The molecule has 5 heteroatoms. The lowest BCUT2D eigenvalue weighted by molar-refractivity contribution is 0.830. The molecule has 0 saturated carbocycles. The van der Waals surface area contributed by atoms with Crippen molar-refractivity contribution in [1.29, 1.82) is 0 Å². The average Bonchev–Trinajstić information content (AvgIpc) is 2.89. The van der Waals surface area contributed by atoms with E-state index < -0.39 is 0 Å². The van der Waals surface area contributed by atoms with Crippen LogP contribution >= 0.6 is 15.9 Å². The maximum absolute atomic E-state index is 4.38. The molecule has 0 fully saturated rings. The summed E-state index contributed by atoms with van der Waals surface area (Å²) in [4.78, 5) is 0. The summed E-state index contributed by atoms with van der Waals surface area (Å²) in [5.74, 6) is 0.904. The van der Waals surface area contributed by atoms with Gasteiger partial charge in [-0.15, -0.1) is 10.2 Å². The highest BCUT2D eigenvalue weighted by Crippen LogP contribution is 2.32. The van der Waals surface area contributed by atoms with Crippen LogP contribution in [0.15, 0.2) is 41.0 Å². The molecule has 3 heterocycles. The van der Waals surface area contributed by atoms with E-state index in [1.807, 2.05) is 22.7 Å². The van der Waals surface area contributed by atoms with E-state index in [1.54, 1.807) is 0 Å². The molecule has 1 aromatic carbocycles. The number of nitrogens with zero attached hydrogens (tertiary/aromatic N) is 3. The molecule has 0 aliphatic carbocycles. The number of aromatic nitrogens is 3. The SMILES string of the molecule is Brc1ccc2nnc(-c3cccc4c3CCCN4)n2c1. The van der Waals surface area contributed by atoms with Gasteiger partial charge in [-0.05, 0) is 52.5 Å². The molecule has 2 aromatic heterocycles. The van der Waals surface area contributed by atoms with Gasteiger partial charge in [0.15, 0.2) is 11.5 Å². The van der Waals surface area contributed by atoms with Gasteiger partial charge in [0, 0.05) is 28.5 Å². The van der Waals surface area contributed by atoms with Crippen LogP contribution < -0.4 is 5.32 Å². The van der Waals surface area contributed by atoms with Gasteiger partial charge in [-0.3, -0.25) is 4.40 Å². The predicted octanol–water partition coefficient (Wildman–Crippen LogP) is 3.52. The Hall–Kier alpha value is -1.88. The number of halogens is 1. The van der Waals surface area contributed by atoms with Gasteiger partial charge in [0.2, 0.25) is 0 Å². The molecule has 0 saturated heterocycles. The molecule has 0 bridgehead atoms. The summed E-state index contributed by atoms with van der Waals surface area (Å²) in [5.41, 5.74) is 4.60. The first-order chi connectivity index (χ1) is 9.83. The Bertz CT molecular complexity index is 794. The van der Waals surface area contributed by atoms with Gasteiger partial charge >= 0.3 is 0 Å². The molecule has 20 heavy (non-hydrogen) atoms. The molecule has 3 aromatic rings. The number of pyridine rings is 1. The Balaban J connectivity index is 1.97. The average molecular weight is 329 g/mol. The number of hydrogen-bond acceptors (Lipinski definition) is 3. The lowest BCUT2D eigenvalue weighted by Gasteiger charge is -2.20. The summed E-state index contributed by atoms with van der Waals surface area (Å²) in [6.45, 7) is 1.04. The van der Waals surface area contributed by atoms with Crippen LogP contribution in [-0.2, 0) is 6.42 Å². The van der Waals surface area contributed by atoms with Crippen molar-refractivity contribution in [2.75, 3.05) is 11.9 Å². The zero-order valence-electron chi connectivity index (χ0n) is 10.8. The predicted molar refractivity (Wildman–Crippen MR) is 82.9 cm³/mol. The molecular formula is C15H13BrN4. The summed E-state index contributed by atoms with van der Waals surface area (Å²) in [6.07, 6.45) is 4.26. The van der Waals surface area contributed by atoms with E-state index in [0.29, 0.717) is 0 Å². The summed E-state index contributed by atoms with van der Waals surface area (Å²) in [7, 11) is 0. The number of nitrogens with one attached hydrogen (secondary N) is 1. The fourth-order valence-corrected chi connectivity index (χ4v) is 3.10. The maximum Gasteiger partial charge on any atom is 0.168 e. The van der Waals surface area contributed by atoms with Crippen LogP contribution in [0, 0.1) is 0 Å². The molecule has 0 radical (unpaired) electrons. The quantitative estimate of drug-likeness (QED) is 0.743. The monoisotopic (exact) mass is 328 g/mol. The third kappa shape index (κ3) is 1.81. The van der Waals surface area contributed by atoms with Crippen molar-refractivity contribution in [3.05, 3.63) is 46.6 Å². The molecule has 1 N–H and O–H groups in total. The van der Waals surface area contributed by atoms with Crippen LogP contribution in [0.1, 0.15) is 12.0 Å². The van der Waals surface area contributed by atoms with E-state index in [0.717, 1.165) is 35.3 Å². The van der Waals surface area contributed by atoms with Crippen molar-refractivity contribution in [3.8, 4) is 11.4 Å².